The molecule has 116 valence electrons. The number of nitrogens with one attached hydrogen (secondary N) is 1. The zero-order valence-electron chi connectivity index (χ0n) is 11.7. The number of fused-ring (bicyclic) bond motifs is 1. The van der Waals surface area contributed by atoms with Crippen LogP contribution in [0.3, 0.4) is 0 Å². The molecule has 0 spiro atoms. The van der Waals surface area contributed by atoms with Gasteiger partial charge in [0.15, 0.2) is 0 Å². The number of halogens is 2. The van der Waals surface area contributed by atoms with Gasteiger partial charge in [0.05, 0.1) is 9.92 Å². The van der Waals surface area contributed by atoms with Gasteiger partial charge in [-0.2, -0.15) is 0 Å². The van der Waals surface area contributed by atoms with E-state index in [-0.39, 0.29) is 16.0 Å². The molecule has 0 aromatic heterocycles. The fourth-order valence-corrected chi connectivity index (χ4v) is 4.30. The Bertz CT molecular complexity index is 808. The predicted octanol–water partition coefficient (Wildman–Crippen LogP) is 3.84. The van der Waals surface area contributed by atoms with E-state index in [9.17, 15) is 12.8 Å². The fraction of sp³-hybridized carbons (Fsp3) is 0.250. The Kier molecular flexibility index (Phi) is 4.21. The van der Waals surface area contributed by atoms with Crippen molar-refractivity contribution >= 4 is 21.6 Å². The molecule has 1 aliphatic rings. The monoisotopic (exact) mass is 339 g/mol. The van der Waals surface area contributed by atoms with Gasteiger partial charge in [-0.15, -0.1) is 0 Å². The molecule has 0 fully saturated rings. The summed E-state index contributed by atoms with van der Waals surface area (Å²) in [6, 6.07) is 11.0. The third-order valence-corrected chi connectivity index (χ3v) is 5.63. The van der Waals surface area contributed by atoms with Crippen molar-refractivity contribution in [3.05, 3.63) is 64.4 Å². The van der Waals surface area contributed by atoms with Gasteiger partial charge < -0.3 is 0 Å². The van der Waals surface area contributed by atoms with Gasteiger partial charge in [0.1, 0.15) is 5.82 Å². The molecule has 0 saturated carbocycles. The largest absolute Gasteiger partial charge is 0.241 e. The van der Waals surface area contributed by atoms with Crippen LogP contribution in [0.25, 0.3) is 0 Å². The van der Waals surface area contributed by atoms with Gasteiger partial charge in [0.25, 0.3) is 0 Å². The van der Waals surface area contributed by atoms with E-state index in [4.69, 9.17) is 11.6 Å². The van der Waals surface area contributed by atoms with E-state index < -0.39 is 15.8 Å². The van der Waals surface area contributed by atoms with Crippen molar-refractivity contribution in [2.75, 3.05) is 0 Å². The summed E-state index contributed by atoms with van der Waals surface area (Å²) in [7, 11) is -3.74. The molecule has 22 heavy (non-hydrogen) atoms. The number of aryl methyl sites for hydroxylation is 1. The molecule has 0 unspecified atom stereocenters. The molecule has 3 rings (SSSR count). The van der Waals surface area contributed by atoms with Gasteiger partial charge in [-0.05, 0) is 48.6 Å². The van der Waals surface area contributed by atoms with Crippen LogP contribution in [0.15, 0.2) is 47.4 Å². The molecule has 0 amide bonds. The molecule has 0 aliphatic heterocycles. The molecular weight excluding hydrogens is 325 g/mol. The van der Waals surface area contributed by atoms with Crippen molar-refractivity contribution in [1.82, 2.24) is 4.72 Å². The average molecular weight is 340 g/mol. The summed E-state index contributed by atoms with van der Waals surface area (Å²) >= 11 is 5.68. The summed E-state index contributed by atoms with van der Waals surface area (Å²) in [5.74, 6) is -0.636. The fourth-order valence-electron chi connectivity index (χ4n) is 2.78. The van der Waals surface area contributed by atoms with Gasteiger partial charge >= 0.3 is 0 Å². The van der Waals surface area contributed by atoms with Crippen LogP contribution in [-0.2, 0) is 16.4 Å². The van der Waals surface area contributed by atoms with Crippen LogP contribution in [0, 0.1) is 5.82 Å². The minimum Gasteiger partial charge on any atom is -0.207 e. The second kappa shape index (κ2) is 5.99. The lowest BCUT2D eigenvalue weighted by atomic mass is 9.88. The molecule has 1 atom stereocenters. The Hall–Kier alpha value is -1.43. The summed E-state index contributed by atoms with van der Waals surface area (Å²) < 4.78 is 40.9. The topological polar surface area (TPSA) is 46.2 Å². The molecule has 0 radical (unpaired) electrons. The highest BCUT2D eigenvalue weighted by Crippen LogP contribution is 2.31. The average Bonchev–Trinajstić information content (AvgIpc) is 2.50. The van der Waals surface area contributed by atoms with Crippen molar-refractivity contribution in [2.24, 2.45) is 0 Å². The lowest BCUT2D eigenvalue weighted by Crippen LogP contribution is -2.31. The molecular formula is C16H15ClFNO2S. The lowest BCUT2D eigenvalue weighted by molar-refractivity contribution is 0.507. The van der Waals surface area contributed by atoms with Crippen LogP contribution in [0.4, 0.5) is 4.39 Å². The maximum absolute atomic E-state index is 13.2. The van der Waals surface area contributed by atoms with Crippen LogP contribution in [0.1, 0.15) is 30.0 Å². The zero-order chi connectivity index (χ0) is 15.7. The first-order valence-electron chi connectivity index (χ1n) is 7.02. The Balaban J connectivity index is 1.91. The van der Waals surface area contributed by atoms with E-state index >= 15 is 0 Å². The first kappa shape index (κ1) is 15.5. The quantitative estimate of drug-likeness (QED) is 0.923. The standard InChI is InChI=1S/C16H15ClFNO2S/c17-14-10-12(8-9-15(14)18)22(20,21)19-16-7-3-5-11-4-1-2-6-13(11)16/h1-2,4,6,8-10,16,19H,3,5,7H2/t16-/m0/s1. The Labute approximate surface area is 134 Å². The van der Waals surface area contributed by atoms with Crippen LogP contribution in [0.5, 0.6) is 0 Å². The molecule has 2 aromatic rings. The molecule has 1 N–H and O–H groups in total. The second-order valence-corrected chi connectivity index (χ2v) is 7.46. The Morgan fingerprint density at radius 3 is 2.73 bits per heavy atom. The first-order valence-corrected chi connectivity index (χ1v) is 8.89. The Morgan fingerprint density at radius 1 is 1.18 bits per heavy atom. The highest BCUT2D eigenvalue weighted by atomic mass is 35.5. The van der Waals surface area contributed by atoms with E-state index in [1.54, 1.807) is 0 Å². The van der Waals surface area contributed by atoms with Crippen LogP contribution in [0.2, 0.25) is 5.02 Å². The highest BCUT2D eigenvalue weighted by molar-refractivity contribution is 7.89. The number of sulfonamides is 1. The molecule has 0 heterocycles. The SMILES string of the molecule is O=S(=O)(N[C@H]1CCCc2ccccc21)c1ccc(F)c(Cl)c1. The van der Waals surface area contributed by atoms with Gasteiger partial charge in [-0.1, -0.05) is 35.9 Å². The van der Waals surface area contributed by atoms with Crippen molar-refractivity contribution in [3.63, 3.8) is 0 Å². The van der Waals surface area contributed by atoms with Crippen LogP contribution >= 0.6 is 11.6 Å². The Morgan fingerprint density at radius 2 is 1.95 bits per heavy atom. The van der Waals surface area contributed by atoms with Crippen molar-refractivity contribution in [2.45, 2.75) is 30.2 Å². The zero-order valence-corrected chi connectivity index (χ0v) is 13.3. The number of benzene rings is 2. The van der Waals surface area contributed by atoms with Crippen molar-refractivity contribution in [1.29, 1.82) is 0 Å². The molecule has 0 bridgehead atoms. The maximum Gasteiger partial charge on any atom is 0.241 e. The third-order valence-electron chi connectivity index (χ3n) is 3.87. The summed E-state index contributed by atoms with van der Waals surface area (Å²) in [6.07, 6.45) is 2.62. The smallest absolute Gasteiger partial charge is 0.207 e. The van der Waals surface area contributed by atoms with E-state index in [0.717, 1.165) is 37.0 Å². The normalized spacial score (nSPS) is 18.0. The van der Waals surface area contributed by atoms with E-state index in [1.165, 1.54) is 11.6 Å². The van der Waals surface area contributed by atoms with E-state index in [1.807, 2.05) is 24.3 Å². The molecule has 2 aromatic carbocycles. The van der Waals surface area contributed by atoms with Crippen LogP contribution in [-0.4, -0.2) is 8.42 Å². The van der Waals surface area contributed by atoms with Gasteiger partial charge in [-0.3, -0.25) is 0 Å². The number of rotatable bonds is 3. The minimum atomic E-state index is -3.74. The van der Waals surface area contributed by atoms with Gasteiger partial charge in [-0.25, -0.2) is 17.5 Å². The van der Waals surface area contributed by atoms with Crippen molar-refractivity contribution < 1.29 is 12.8 Å². The minimum absolute atomic E-state index is 0.0260. The third kappa shape index (κ3) is 3.02. The molecule has 1 aliphatic carbocycles. The molecule has 6 heteroatoms. The highest BCUT2D eigenvalue weighted by Gasteiger charge is 2.25. The summed E-state index contributed by atoms with van der Waals surface area (Å²) in [4.78, 5) is -0.0260. The first-order chi connectivity index (χ1) is 10.5. The maximum atomic E-state index is 13.2. The number of hydrogen-bond donors (Lipinski definition) is 1. The summed E-state index contributed by atoms with van der Waals surface area (Å²) in [5.41, 5.74) is 2.17. The summed E-state index contributed by atoms with van der Waals surface area (Å²) in [6.45, 7) is 0. The van der Waals surface area contributed by atoms with Gasteiger partial charge in [0, 0.05) is 6.04 Å². The van der Waals surface area contributed by atoms with E-state index in [2.05, 4.69) is 4.72 Å². The van der Waals surface area contributed by atoms with Gasteiger partial charge in [0.2, 0.25) is 10.0 Å². The van der Waals surface area contributed by atoms with E-state index in [0.29, 0.717) is 0 Å². The summed E-state index contributed by atoms with van der Waals surface area (Å²) in [5, 5.41) is -0.202. The number of hydrogen-bond acceptors (Lipinski definition) is 2. The second-order valence-electron chi connectivity index (χ2n) is 5.34. The molecule has 0 saturated heterocycles. The van der Waals surface area contributed by atoms with Crippen LogP contribution < -0.4 is 4.72 Å². The van der Waals surface area contributed by atoms with Crippen molar-refractivity contribution in [3.8, 4) is 0 Å². The molecule has 3 nitrogen and oxygen atoms in total. The lowest BCUT2D eigenvalue weighted by Gasteiger charge is -2.26. The predicted molar refractivity (Wildman–Crippen MR) is 83.9 cm³/mol.